The van der Waals surface area contributed by atoms with Crippen LogP contribution in [0, 0.1) is 16.0 Å². The third-order valence-electron chi connectivity index (χ3n) is 3.36. The Bertz CT molecular complexity index is 566. The van der Waals surface area contributed by atoms with Crippen LogP contribution in [0.25, 0.3) is 6.08 Å². The van der Waals surface area contributed by atoms with E-state index in [4.69, 9.17) is 11.6 Å². The van der Waals surface area contributed by atoms with E-state index < -0.39 is 4.92 Å². The van der Waals surface area contributed by atoms with Crippen molar-refractivity contribution in [3.63, 3.8) is 0 Å². The van der Waals surface area contributed by atoms with E-state index in [9.17, 15) is 14.9 Å². The molecule has 0 radical (unpaired) electrons. The molecule has 1 aliphatic carbocycles. The third-order valence-corrected chi connectivity index (χ3v) is 3.67. The van der Waals surface area contributed by atoms with Crippen LogP contribution in [-0.2, 0) is 4.79 Å². The van der Waals surface area contributed by atoms with E-state index in [0.717, 1.165) is 24.8 Å². The van der Waals surface area contributed by atoms with Crippen LogP contribution in [0.3, 0.4) is 0 Å². The first kappa shape index (κ1) is 13.7. The number of allylic oxidation sites excluding steroid dienone is 1. The second-order valence-corrected chi connectivity index (χ2v) is 5.20. The highest BCUT2D eigenvalue weighted by atomic mass is 35.5. The average molecular weight is 280 g/mol. The van der Waals surface area contributed by atoms with Crippen molar-refractivity contribution >= 4 is 29.1 Å². The van der Waals surface area contributed by atoms with Crippen molar-refractivity contribution in [3.8, 4) is 0 Å². The van der Waals surface area contributed by atoms with Gasteiger partial charge >= 0.3 is 0 Å². The second kappa shape index (κ2) is 5.53. The van der Waals surface area contributed by atoms with Gasteiger partial charge in [0.2, 0.25) is 0 Å². The molecular weight excluding hydrogens is 266 g/mol. The number of carbonyl (C=O) groups excluding carboxylic acids is 1. The van der Waals surface area contributed by atoms with Crippen LogP contribution in [0.15, 0.2) is 23.8 Å². The molecule has 0 spiro atoms. The Morgan fingerprint density at radius 3 is 2.89 bits per heavy atom. The molecule has 1 fully saturated rings. The normalized spacial score (nSPS) is 21.7. The lowest BCUT2D eigenvalue weighted by molar-refractivity contribution is -0.384. The molecule has 1 atom stereocenters. The van der Waals surface area contributed by atoms with Crippen molar-refractivity contribution in [2.75, 3.05) is 0 Å². The predicted octanol–water partition coefficient (Wildman–Crippen LogP) is 4.02. The van der Waals surface area contributed by atoms with Gasteiger partial charge in [-0.15, -0.1) is 0 Å². The number of ketones is 1. The Hall–Kier alpha value is -1.68. The van der Waals surface area contributed by atoms with E-state index >= 15 is 0 Å². The molecule has 0 amide bonds. The summed E-state index contributed by atoms with van der Waals surface area (Å²) in [6.07, 6.45) is 4.37. The summed E-state index contributed by atoms with van der Waals surface area (Å²) in [6.45, 7) is 1.92. The van der Waals surface area contributed by atoms with Crippen LogP contribution < -0.4 is 0 Å². The number of rotatable bonds is 2. The van der Waals surface area contributed by atoms with Crippen molar-refractivity contribution in [3.05, 3.63) is 44.5 Å². The lowest BCUT2D eigenvalue weighted by atomic mass is 9.84. The van der Waals surface area contributed by atoms with Gasteiger partial charge in [-0.05, 0) is 42.5 Å². The summed E-state index contributed by atoms with van der Waals surface area (Å²) in [5.41, 5.74) is 1.26. The molecule has 0 aromatic heterocycles. The van der Waals surface area contributed by atoms with Gasteiger partial charge < -0.3 is 0 Å². The van der Waals surface area contributed by atoms with Gasteiger partial charge in [0.05, 0.1) is 4.92 Å². The fourth-order valence-electron chi connectivity index (χ4n) is 2.27. The van der Waals surface area contributed by atoms with Gasteiger partial charge in [-0.2, -0.15) is 0 Å². The van der Waals surface area contributed by atoms with Gasteiger partial charge in [0.15, 0.2) is 5.78 Å². The summed E-state index contributed by atoms with van der Waals surface area (Å²) in [6, 6.07) is 4.58. The highest BCUT2D eigenvalue weighted by Gasteiger charge is 2.22. The van der Waals surface area contributed by atoms with E-state index in [-0.39, 0.29) is 22.4 Å². The Morgan fingerprint density at radius 2 is 2.21 bits per heavy atom. The standard InChI is InChI=1S/C14H14ClNO3/c1-9-3-2-4-11(14(9)17)7-10-5-6-12(15)13(8-10)16(18)19/h5-9H,2-4H2,1H3/b11-7+/t9-/m1/s1. The zero-order chi connectivity index (χ0) is 14.0. The fraction of sp³-hybridized carbons (Fsp3) is 0.357. The fourth-order valence-corrected chi connectivity index (χ4v) is 2.46. The van der Waals surface area contributed by atoms with Gasteiger partial charge in [-0.25, -0.2) is 0 Å². The van der Waals surface area contributed by atoms with Gasteiger partial charge in [0, 0.05) is 12.0 Å². The molecule has 1 aromatic rings. The Kier molecular flexibility index (Phi) is 4.00. The van der Waals surface area contributed by atoms with Gasteiger partial charge in [-0.1, -0.05) is 24.6 Å². The summed E-state index contributed by atoms with van der Waals surface area (Å²) in [4.78, 5) is 22.3. The molecule has 0 bridgehead atoms. The molecule has 100 valence electrons. The summed E-state index contributed by atoms with van der Waals surface area (Å²) in [5, 5.41) is 10.9. The number of hydrogen-bond donors (Lipinski definition) is 0. The largest absolute Gasteiger partial charge is 0.294 e. The first-order chi connectivity index (χ1) is 8.99. The molecule has 5 heteroatoms. The molecular formula is C14H14ClNO3. The number of halogens is 1. The zero-order valence-electron chi connectivity index (χ0n) is 10.6. The van der Waals surface area contributed by atoms with Crippen LogP contribution in [0.2, 0.25) is 5.02 Å². The highest BCUT2D eigenvalue weighted by molar-refractivity contribution is 6.32. The van der Waals surface area contributed by atoms with Crippen LogP contribution in [0.4, 0.5) is 5.69 Å². The molecule has 1 aliphatic rings. The van der Waals surface area contributed by atoms with Crippen molar-refractivity contribution < 1.29 is 9.72 Å². The summed E-state index contributed by atoms with van der Waals surface area (Å²) >= 11 is 5.76. The Morgan fingerprint density at radius 1 is 1.47 bits per heavy atom. The molecule has 4 nitrogen and oxygen atoms in total. The Labute approximate surface area is 116 Å². The third kappa shape index (κ3) is 3.01. The summed E-state index contributed by atoms with van der Waals surface area (Å²) in [5.74, 6) is 0.186. The van der Waals surface area contributed by atoms with E-state index in [1.165, 1.54) is 12.1 Å². The van der Waals surface area contributed by atoms with Gasteiger partial charge in [-0.3, -0.25) is 14.9 Å². The highest BCUT2D eigenvalue weighted by Crippen LogP contribution is 2.29. The molecule has 1 aromatic carbocycles. The average Bonchev–Trinajstić information content (AvgIpc) is 2.37. The van der Waals surface area contributed by atoms with Crippen LogP contribution >= 0.6 is 11.6 Å². The quantitative estimate of drug-likeness (QED) is 0.467. The van der Waals surface area contributed by atoms with Crippen LogP contribution in [0.1, 0.15) is 31.7 Å². The number of nitrogens with zero attached hydrogens (tertiary/aromatic N) is 1. The first-order valence-corrected chi connectivity index (χ1v) is 6.55. The minimum atomic E-state index is -0.518. The van der Waals surface area contributed by atoms with Gasteiger partial charge in [0.25, 0.3) is 5.69 Å². The molecule has 0 saturated heterocycles. The van der Waals surface area contributed by atoms with Crippen molar-refractivity contribution in [2.24, 2.45) is 5.92 Å². The first-order valence-electron chi connectivity index (χ1n) is 6.18. The predicted molar refractivity (Wildman–Crippen MR) is 74.1 cm³/mol. The number of nitro benzene ring substituents is 1. The van der Waals surface area contributed by atoms with Crippen molar-refractivity contribution in [2.45, 2.75) is 26.2 Å². The second-order valence-electron chi connectivity index (χ2n) is 4.80. The smallest absolute Gasteiger partial charge is 0.288 e. The molecule has 19 heavy (non-hydrogen) atoms. The number of nitro groups is 1. The SMILES string of the molecule is C[C@@H]1CCC/C(=C\c2ccc(Cl)c([N+](=O)[O-])c2)C1=O. The van der Waals surface area contributed by atoms with Crippen molar-refractivity contribution in [1.82, 2.24) is 0 Å². The van der Waals surface area contributed by atoms with Gasteiger partial charge in [0.1, 0.15) is 5.02 Å². The summed E-state index contributed by atoms with van der Waals surface area (Å²) < 4.78 is 0. The minimum absolute atomic E-state index is 0.0438. The lowest BCUT2D eigenvalue weighted by Crippen LogP contribution is -2.18. The molecule has 0 heterocycles. The van der Waals surface area contributed by atoms with Crippen molar-refractivity contribution in [1.29, 1.82) is 0 Å². The van der Waals surface area contributed by atoms with E-state index in [1.807, 2.05) is 6.92 Å². The Balaban J connectivity index is 2.35. The zero-order valence-corrected chi connectivity index (χ0v) is 11.3. The number of benzene rings is 1. The van der Waals surface area contributed by atoms with Crippen LogP contribution in [-0.4, -0.2) is 10.7 Å². The number of Topliss-reactive ketones (excluding diaryl/α,β-unsaturated/α-hetero) is 1. The molecule has 0 aliphatic heterocycles. The number of hydrogen-bond acceptors (Lipinski definition) is 3. The van der Waals surface area contributed by atoms with Crippen LogP contribution in [0.5, 0.6) is 0 Å². The van der Waals surface area contributed by atoms with E-state index in [2.05, 4.69) is 0 Å². The molecule has 0 unspecified atom stereocenters. The maximum absolute atomic E-state index is 12.0. The minimum Gasteiger partial charge on any atom is -0.294 e. The topological polar surface area (TPSA) is 60.2 Å². The summed E-state index contributed by atoms with van der Waals surface area (Å²) in [7, 11) is 0. The maximum Gasteiger partial charge on any atom is 0.288 e. The number of carbonyl (C=O) groups is 1. The lowest BCUT2D eigenvalue weighted by Gasteiger charge is -2.19. The monoisotopic (exact) mass is 279 g/mol. The van der Waals surface area contributed by atoms with E-state index in [1.54, 1.807) is 12.1 Å². The maximum atomic E-state index is 12.0. The molecule has 1 saturated carbocycles. The molecule has 2 rings (SSSR count). The molecule has 0 N–H and O–H groups in total. The van der Waals surface area contributed by atoms with E-state index in [0.29, 0.717) is 5.56 Å².